The Kier molecular flexibility index (Phi) is 3.92. The summed E-state index contributed by atoms with van der Waals surface area (Å²) in [4.78, 5) is 2.17. The van der Waals surface area contributed by atoms with Crippen LogP contribution in [0.1, 0.15) is 6.42 Å². The van der Waals surface area contributed by atoms with E-state index in [1.807, 2.05) is 24.3 Å². The Bertz CT molecular complexity index is 793. The van der Waals surface area contributed by atoms with Crippen LogP contribution >= 0.6 is 27.3 Å². The van der Waals surface area contributed by atoms with Crippen LogP contribution < -0.4 is 9.64 Å². The number of aromatic amines is 1. The summed E-state index contributed by atoms with van der Waals surface area (Å²) in [7, 11) is 0. The van der Waals surface area contributed by atoms with E-state index in [0.29, 0.717) is 10.8 Å². The zero-order valence-corrected chi connectivity index (χ0v) is 14.3. The summed E-state index contributed by atoms with van der Waals surface area (Å²) in [5.41, 5.74) is 0. The lowest BCUT2D eigenvalue weighted by Gasteiger charge is -2.16. The standard InChI is InChI=1S/C13H12BrN7OS/c14-9-3-1-2-4-10(9)22-8-5-6-21(7-8)13-18-17-12(23-13)11-15-19-20-16-11/h1-4,8H,5-7H2,(H,15,16,19,20)/t8-/m0/s1. The number of para-hydroxylation sites is 1. The second-order valence-electron chi connectivity index (χ2n) is 5.03. The monoisotopic (exact) mass is 393 g/mol. The highest BCUT2D eigenvalue weighted by atomic mass is 79.9. The van der Waals surface area contributed by atoms with Crippen LogP contribution in [0, 0.1) is 0 Å². The molecule has 8 nitrogen and oxygen atoms in total. The SMILES string of the molecule is Brc1ccccc1O[C@H]1CCN(c2nnc(-c3nn[nH]n3)s2)C1. The van der Waals surface area contributed by atoms with Crippen LogP contribution in [0.15, 0.2) is 28.7 Å². The van der Waals surface area contributed by atoms with E-state index in [0.717, 1.165) is 34.9 Å². The molecule has 0 unspecified atom stereocenters. The van der Waals surface area contributed by atoms with Crippen molar-refractivity contribution in [3.8, 4) is 16.6 Å². The van der Waals surface area contributed by atoms with E-state index in [-0.39, 0.29) is 6.10 Å². The van der Waals surface area contributed by atoms with Crippen LogP contribution in [0.2, 0.25) is 0 Å². The molecule has 1 N–H and O–H groups in total. The fourth-order valence-corrected chi connectivity index (χ4v) is 3.59. The van der Waals surface area contributed by atoms with Gasteiger partial charge in [-0.05, 0) is 33.3 Å². The molecular formula is C13H12BrN7OS. The summed E-state index contributed by atoms with van der Waals surface area (Å²) < 4.78 is 7.03. The lowest BCUT2D eigenvalue weighted by atomic mass is 10.3. The molecule has 1 saturated heterocycles. The molecular weight excluding hydrogens is 382 g/mol. The number of nitrogens with one attached hydrogen (secondary N) is 1. The van der Waals surface area contributed by atoms with Gasteiger partial charge in [0, 0.05) is 13.0 Å². The molecule has 0 radical (unpaired) electrons. The van der Waals surface area contributed by atoms with Gasteiger partial charge in [-0.1, -0.05) is 23.5 Å². The molecule has 0 saturated carbocycles. The third-order valence-corrected chi connectivity index (χ3v) is 5.13. The van der Waals surface area contributed by atoms with Gasteiger partial charge in [-0.2, -0.15) is 5.21 Å². The highest BCUT2D eigenvalue weighted by Gasteiger charge is 2.27. The third kappa shape index (κ3) is 3.04. The van der Waals surface area contributed by atoms with Gasteiger partial charge in [-0.25, -0.2) is 0 Å². The number of nitrogens with zero attached hydrogens (tertiary/aromatic N) is 6. The maximum atomic E-state index is 6.07. The zero-order valence-electron chi connectivity index (χ0n) is 11.9. The normalized spacial score (nSPS) is 17.6. The summed E-state index contributed by atoms with van der Waals surface area (Å²) >= 11 is 4.96. The van der Waals surface area contributed by atoms with Crippen LogP contribution in [0.5, 0.6) is 5.75 Å². The van der Waals surface area contributed by atoms with Gasteiger partial charge in [-0.15, -0.1) is 20.4 Å². The molecule has 2 aromatic heterocycles. The molecule has 23 heavy (non-hydrogen) atoms. The summed E-state index contributed by atoms with van der Waals surface area (Å²) in [6.07, 6.45) is 1.07. The molecule has 1 atom stereocenters. The van der Waals surface area contributed by atoms with E-state index in [9.17, 15) is 0 Å². The van der Waals surface area contributed by atoms with Crippen LogP contribution in [0.25, 0.3) is 10.8 Å². The van der Waals surface area contributed by atoms with Crippen molar-refractivity contribution in [1.82, 2.24) is 30.8 Å². The minimum atomic E-state index is 0.131. The number of ether oxygens (including phenoxy) is 1. The third-order valence-electron chi connectivity index (χ3n) is 3.50. The van der Waals surface area contributed by atoms with E-state index in [1.165, 1.54) is 11.3 Å². The number of halogens is 1. The van der Waals surface area contributed by atoms with Gasteiger partial charge >= 0.3 is 0 Å². The lowest BCUT2D eigenvalue weighted by molar-refractivity contribution is 0.223. The first kappa shape index (κ1) is 14.5. The number of hydrogen-bond acceptors (Lipinski definition) is 8. The average Bonchev–Trinajstić information content (AvgIpc) is 3.30. The summed E-state index contributed by atoms with van der Waals surface area (Å²) in [6.45, 7) is 1.66. The first-order valence-corrected chi connectivity index (χ1v) is 8.64. The van der Waals surface area contributed by atoms with E-state index >= 15 is 0 Å². The quantitative estimate of drug-likeness (QED) is 0.725. The Morgan fingerprint density at radius 3 is 3.00 bits per heavy atom. The first-order chi connectivity index (χ1) is 11.3. The van der Waals surface area contributed by atoms with Gasteiger partial charge in [0.15, 0.2) is 5.01 Å². The van der Waals surface area contributed by atoms with Gasteiger partial charge in [0.2, 0.25) is 11.0 Å². The van der Waals surface area contributed by atoms with Crippen LogP contribution in [-0.2, 0) is 0 Å². The fourth-order valence-electron chi connectivity index (χ4n) is 2.40. The molecule has 0 aliphatic carbocycles. The molecule has 0 amide bonds. The number of anilines is 1. The van der Waals surface area contributed by atoms with Crippen molar-refractivity contribution in [2.24, 2.45) is 0 Å². The van der Waals surface area contributed by atoms with Crippen molar-refractivity contribution in [2.45, 2.75) is 12.5 Å². The largest absolute Gasteiger partial charge is 0.487 e. The molecule has 0 bridgehead atoms. The smallest absolute Gasteiger partial charge is 0.235 e. The van der Waals surface area contributed by atoms with Gasteiger partial charge in [0.05, 0.1) is 11.0 Å². The van der Waals surface area contributed by atoms with Crippen molar-refractivity contribution < 1.29 is 4.74 Å². The van der Waals surface area contributed by atoms with E-state index < -0.39 is 0 Å². The highest BCUT2D eigenvalue weighted by Crippen LogP contribution is 2.31. The Hall–Kier alpha value is -2.07. The predicted molar refractivity (Wildman–Crippen MR) is 88.5 cm³/mol. The predicted octanol–water partition coefficient (Wildman–Crippen LogP) is 2.14. The summed E-state index contributed by atoms with van der Waals surface area (Å²) in [5, 5.41) is 23.6. The topological polar surface area (TPSA) is 92.7 Å². The second kappa shape index (κ2) is 6.20. The summed E-state index contributed by atoms with van der Waals surface area (Å²) in [6, 6.07) is 7.88. The maximum absolute atomic E-state index is 6.07. The van der Waals surface area contributed by atoms with Gasteiger partial charge in [0.25, 0.3) is 0 Å². The van der Waals surface area contributed by atoms with E-state index in [4.69, 9.17) is 4.74 Å². The summed E-state index contributed by atoms with van der Waals surface area (Å²) in [5.74, 6) is 1.33. The van der Waals surface area contributed by atoms with E-state index in [1.54, 1.807) is 0 Å². The van der Waals surface area contributed by atoms with Crippen LogP contribution in [0.4, 0.5) is 5.13 Å². The molecule has 4 rings (SSSR count). The van der Waals surface area contributed by atoms with Crippen molar-refractivity contribution in [3.05, 3.63) is 28.7 Å². The highest BCUT2D eigenvalue weighted by molar-refractivity contribution is 9.10. The van der Waals surface area contributed by atoms with Gasteiger partial charge < -0.3 is 9.64 Å². The minimum absolute atomic E-state index is 0.131. The number of H-pyrrole nitrogens is 1. The number of tetrazole rings is 1. The Labute approximate surface area is 144 Å². The Balaban J connectivity index is 1.43. The minimum Gasteiger partial charge on any atom is -0.487 e. The Morgan fingerprint density at radius 1 is 1.26 bits per heavy atom. The molecule has 118 valence electrons. The number of hydrogen-bond donors (Lipinski definition) is 1. The second-order valence-corrected chi connectivity index (χ2v) is 6.84. The fraction of sp³-hybridized carbons (Fsp3) is 0.308. The molecule has 1 fully saturated rings. The first-order valence-electron chi connectivity index (χ1n) is 7.03. The number of benzene rings is 1. The lowest BCUT2D eigenvalue weighted by Crippen LogP contribution is -2.24. The molecule has 3 aromatic rings. The zero-order chi connectivity index (χ0) is 15.6. The van der Waals surface area contributed by atoms with Crippen LogP contribution in [0.3, 0.4) is 0 Å². The van der Waals surface area contributed by atoms with Crippen molar-refractivity contribution in [3.63, 3.8) is 0 Å². The molecule has 1 aromatic carbocycles. The van der Waals surface area contributed by atoms with Crippen molar-refractivity contribution in [1.29, 1.82) is 0 Å². The van der Waals surface area contributed by atoms with Crippen molar-refractivity contribution in [2.75, 3.05) is 18.0 Å². The average molecular weight is 394 g/mol. The Morgan fingerprint density at radius 2 is 2.17 bits per heavy atom. The molecule has 1 aliphatic heterocycles. The van der Waals surface area contributed by atoms with Gasteiger partial charge in [-0.3, -0.25) is 0 Å². The number of rotatable bonds is 4. The number of aromatic nitrogens is 6. The molecule has 1 aliphatic rings. The van der Waals surface area contributed by atoms with Crippen LogP contribution in [-0.4, -0.2) is 50.0 Å². The molecule has 10 heteroatoms. The molecule has 0 spiro atoms. The molecule has 3 heterocycles. The maximum Gasteiger partial charge on any atom is 0.235 e. The van der Waals surface area contributed by atoms with Gasteiger partial charge in [0.1, 0.15) is 11.9 Å². The van der Waals surface area contributed by atoms with Crippen molar-refractivity contribution >= 4 is 32.4 Å². The van der Waals surface area contributed by atoms with E-state index in [2.05, 4.69) is 51.7 Å².